The molecule has 2 aromatic heterocycles. The first kappa shape index (κ1) is 12.5. The summed E-state index contributed by atoms with van der Waals surface area (Å²) in [5.41, 5.74) is 7.82. The molecule has 1 amide bonds. The number of aryl methyl sites for hydroxylation is 1. The molecule has 6 heteroatoms. The van der Waals surface area contributed by atoms with Gasteiger partial charge in [-0.25, -0.2) is 0 Å². The molecule has 2 rings (SSSR count). The predicted octanol–water partition coefficient (Wildman–Crippen LogP) is 2.38. The van der Waals surface area contributed by atoms with Crippen molar-refractivity contribution in [3.8, 4) is 0 Å². The highest BCUT2D eigenvalue weighted by Crippen LogP contribution is 2.21. The van der Waals surface area contributed by atoms with Crippen LogP contribution in [0.1, 0.15) is 16.1 Å². The maximum absolute atomic E-state index is 12.1. The Morgan fingerprint density at radius 2 is 2.22 bits per heavy atom. The van der Waals surface area contributed by atoms with Crippen LogP contribution < -0.4 is 11.1 Å². The van der Waals surface area contributed by atoms with E-state index >= 15 is 0 Å². The SMILES string of the molecule is Cc1ncc(N)cc1C(=O)Nc1ccncc1Br. The van der Waals surface area contributed by atoms with Gasteiger partial charge < -0.3 is 11.1 Å². The highest BCUT2D eigenvalue weighted by Gasteiger charge is 2.12. The van der Waals surface area contributed by atoms with E-state index in [-0.39, 0.29) is 5.91 Å². The van der Waals surface area contributed by atoms with E-state index in [1.165, 1.54) is 6.20 Å². The highest BCUT2D eigenvalue weighted by atomic mass is 79.9. The Kier molecular flexibility index (Phi) is 3.57. The number of rotatable bonds is 2. The summed E-state index contributed by atoms with van der Waals surface area (Å²) in [6.07, 6.45) is 4.74. The molecule has 0 radical (unpaired) electrons. The standard InChI is InChI=1S/C12H11BrN4O/c1-7-9(4-8(14)5-16-7)12(18)17-11-2-3-15-6-10(11)13/h2-6H,14H2,1H3,(H,15,17,18). The highest BCUT2D eigenvalue weighted by molar-refractivity contribution is 9.10. The van der Waals surface area contributed by atoms with Crippen molar-refractivity contribution in [3.05, 3.63) is 46.5 Å². The van der Waals surface area contributed by atoms with Crippen molar-refractivity contribution in [3.63, 3.8) is 0 Å². The van der Waals surface area contributed by atoms with E-state index in [1.54, 1.807) is 31.5 Å². The molecule has 18 heavy (non-hydrogen) atoms. The van der Waals surface area contributed by atoms with Crippen LogP contribution in [-0.4, -0.2) is 15.9 Å². The number of anilines is 2. The quantitative estimate of drug-likeness (QED) is 0.892. The molecule has 0 aliphatic rings. The smallest absolute Gasteiger partial charge is 0.257 e. The monoisotopic (exact) mass is 306 g/mol. The maximum atomic E-state index is 12.1. The van der Waals surface area contributed by atoms with E-state index in [0.29, 0.717) is 27.1 Å². The summed E-state index contributed by atoms with van der Waals surface area (Å²) in [5, 5.41) is 2.77. The van der Waals surface area contributed by atoms with Gasteiger partial charge in [-0.15, -0.1) is 0 Å². The average molecular weight is 307 g/mol. The van der Waals surface area contributed by atoms with Crippen molar-refractivity contribution in [2.45, 2.75) is 6.92 Å². The van der Waals surface area contributed by atoms with Gasteiger partial charge in [0.1, 0.15) is 0 Å². The van der Waals surface area contributed by atoms with Gasteiger partial charge >= 0.3 is 0 Å². The molecule has 2 heterocycles. The number of nitrogens with zero attached hydrogens (tertiary/aromatic N) is 2. The molecule has 0 atom stereocenters. The summed E-state index contributed by atoms with van der Waals surface area (Å²) in [5.74, 6) is -0.251. The average Bonchev–Trinajstić information content (AvgIpc) is 2.35. The van der Waals surface area contributed by atoms with Gasteiger partial charge in [-0.2, -0.15) is 0 Å². The van der Waals surface area contributed by atoms with E-state index in [1.807, 2.05) is 0 Å². The van der Waals surface area contributed by atoms with Gasteiger partial charge in [0.25, 0.3) is 5.91 Å². The van der Waals surface area contributed by atoms with Gasteiger partial charge in [0.2, 0.25) is 0 Å². The third-order valence-electron chi connectivity index (χ3n) is 2.37. The second-order valence-corrected chi connectivity index (χ2v) is 4.57. The van der Waals surface area contributed by atoms with Crippen molar-refractivity contribution < 1.29 is 4.79 Å². The zero-order valence-electron chi connectivity index (χ0n) is 9.64. The van der Waals surface area contributed by atoms with Crippen LogP contribution in [0.4, 0.5) is 11.4 Å². The largest absolute Gasteiger partial charge is 0.397 e. The number of nitrogens with one attached hydrogen (secondary N) is 1. The number of nitrogens with two attached hydrogens (primary N) is 1. The lowest BCUT2D eigenvalue weighted by Gasteiger charge is -2.08. The molecule has 0 spiro atoms. The number of carbonyl (C=O) groups is 1. The van der Waals surface area contributed by atoms with Crippen molar-refractivity contribution in [1.82, 2.24) is 9.97 Å². The van der Waals surface area contributed by atoms with Crippen molar-refractivity contribution >= 4 is 33.2 Å². The van der Waals surface area contributed by atoms with Gasteiger partial charge in [-0.1, -0.05) is 0 Å². The molecule has 0 aromatic carbocycles. The first-order chi connectivity index (χ1) is 8.58. The van der Waals surface area contributed by atoms with E-state index in [0.717, 1.165) is 0 Å². The Morgan fingerprint density at radius 3 is 2.94 bits per heavy atom. The zero-order chi connectivity index (χ0) is 13.1. The third kappa shape index (κ3) is 2.65. The minimum atomic E-state index is -0.251. The van der Waals surface area contributed by atoms with Crippen molar-refractivity contribution in [2.24, 2.45) is 0 Å². The van der Waals surface area contributed by atoms with Crippen LogP contribution in [0.15, 0.2) is 35.2 Å². The lowest BCUT2D eigenvalue weighted by molar-refractivity contribution is 0.102. The number of halogens is 1. The predicted molar refractivity (Wildman–Crippen MR) is 73.3 cm³/mol. The summed E-state index contributed by atoms with van der Waals surface area (Å²) in [4.78, 5) is 20.1. The van der Waals surface area contributed by atoms with Crippen LogP contribution in [0.2, 0.25) is 0 Å². The number of carbonyl (C=O) groups excluding carboxylic acids is 1. The molecular formula is C12H11BrN4O. The third-order valence-corrected chi connectivity index (χ3v) is 3.01. The molecule has 0 unspecified atom stereocenters. The van der Waals surface area contributed by atoms with Gasteiger partial charge in [-0.05, 0) is 35.0 Å². The number of aromatic nitrogens is 2. The molecule has 3 N–H and O–H groups in total. The molecule has 2 aromatic rings. The molecule has 0 saturated carbocycles. The Balaban J connectivity index is 2.28. The molecular weight excluding hydrogens is 296 g/mol. The minimum Gasteiger partial charge on any atom is -0.397 e. The second kappa shape index (κ2) is 5.14. The molecule has 0 aliphatic heterocycles. The van der Waals surface area contributed by atoms with Gasteiger partial charge in [0, 0.05) is 12.4 Å². The van der Waals surface area contributed by atoms with Crippen LogP contribution in [0.25, 0.3) is 0 Å². The number of nitrogen functional groups attached to an aromatic ring is 1. The fourth-order valence-electron chi connectivity index (χ4n) is 1.45. The number of hydrogen-bond donors (Lipinski definition) is 2. The van der Waals surface area contributed by atoms with Crippen molar-refractivity contribution in [1.29, 1.82) is 0 Å². The molecule has 5 nitrogen and oxygen atoms in total. The maximum Gasteiger partial charge on any atom is 0.257 e. The molecule has 0 bridgehead atoms. The summed E-state index contributed by atoms with van der Waals surface area (Å²) in [6, 6.07) is 3.31. The number of pyridine rings is 2. The fourth-order valence-corrected chi connectivity index (χ4v) is 1.79. The Bertz CT molecular complexity index is 600. The summed E-state index contributed by atoms with van der Waals surface area (Å²) < 4.78 is 0.716. The lowest BCUT2D eigenvalue weighted by atomic mass is 10.2. The molecule has 0 saturated heterocycles. The fraction of sp³-hybridized carbons (Fsp3) is 0.0833. The van der Waals surface area contributed by atoms with E-state index in [9.17, 15) is 4.79 Å². The zero-order valence-corrected chi connectivity index (χ0v) is 11.2. The van der Waals surface area contributed by atoms with E-state index < -0.39 is 0 Å². The first-order valence-corrected chi connectivity index (χ1v) is 6.00. The van der Waals surface area contributed by atoms with Crippen LogP contribution >= 0.6 is 15.9 Å². The Labute approximate surface area is 113 Å². The number of hydrogen-bond acceptors (Lipinski definition) is 4. The first-order valence-electron chi connectivity index (χ1n) is 5.21. The van der Waals surface area contributed by atoms with Gasteiger partial charge in [-0.3, -0.25) is 14.8 Å². The summed E-state index contributed by atoms with van der Waals surface area (Å²) in [7, 11) is 0. The van der Waals surface area contributed by atoms with Gasteiger partial charge in [0.05, 0.1) is 33.3 Å². The Hall–Kier alpha value is -1.95. The normalized spacial score (nSPS) is 10.1. The molecule has 0 aliphatic carbocycles. The lowest BCUT2D eigenvalue weighted by Crippen LogP contribution is -2.15. The second-order valence-electron chi connectivity index (χ2n) is 3.71. The minimum absolute atomic E-state index is 0.251. The van der Waals surface area contributed by atoms with Gasteiger partial charge in [0.15, 0.2) is 0 Å². The van der Waals surface area contributed by atoms with E-state index in [2.05, 4.69) is 31.2 Å². The van der Waals surface area contributed by atoms with Crippen LogP contribution in [0.3, 0.4) is 0 Å². The number of amides is 1. The van der Waals surface area contributed by atoms with E-state index in [4.69, 9.17) is 5.73 Å². The van der Waals surface area contributed by atoms with Crippen LogP contribution in [-0.2, 0) is 0 Å². The summed E-state index contributed by atoms with van der Waals surface area (Å²) in [6.45, 7) is 1.76. The molecule has 92 valence electrons. The van der Waals surface area contributed by atoms with Crippen LogP contribution in [0.5, 0.6) is 0 Å². The van der Waals surface area contributed by atoms with Crippen molar-refractivity contribution in [2.75, 3.05) is 11.1 Å². The Morgan fingerprint density at radius 1 is 1.44 bits per heavy atom. The summed E-state index contributed by atoms with van der Waals surface area (Å²) >= 11 is 3.31. The molecule has 0 fully saturated rings. The van der Waals surface area contributed by atoms with Crippen LogP contribution in [0, 0.1) is 6.92 Å². The topological polar surface area (TPSA) is 80.9 Å².